The van der Waals surface area contributed by atoms with Gasteiger partial charge in [0.15, 0.2) is 0 Å². The van der Waals surface area contributed by atoms with Crippen LogP contribution in [0.4, 0.5) is 4.79 Å². The van der Waals surface area contributed by atoms with Crippen molar-refractivity contribution in [1.29, 1.82) is 0 Å². The van der Waals surface area contributed by atoms with E-state index in [9.17, 15) is 9.59 Å². The molecule has 0 aromatic carbocycles. The highest BCUT2D eigenvalue weighted by atomic mass is 32.1. The Morgan fingerprint density at radius 1 is 1.47 bits per heavy atom. The molecule has 6 nitrogen and oxygen atoms in total. The van der Waals surface area contributed by atoms with Crippen molar-refractivity contribution in [1.82, 2.24) is 15.6 Å². The molecule has 1 aromatic heterocycles. The third kappa shape index (κ3) is 3.66. The molecule has 1 aliphatic carbocycles. The number of hydrogen-bond acceptors (Lipinski definition) is 4. The second-order valence-electron chi connectivity index (χ2n) is 4.80. The summed E-state index contributed by atoms with van der Waals surface area (Å²) in [5.41, 5.74) is 0.246. The quantitative estimate of drug-likeness (QED) is 0.730. The van der Waals surface area contributed by atoms with E-state index in [0.717, 1.165) is 10.7 Å². The molecule has 0 saturated heterocycles. The summed E-state index contributed by atoms with van der Waals surface area (Å²) in [6.07, 6.45) is 1.96. The lowest BCUT2D eigenvalue weighted by atomic mass is 10.1. The van der Waals surface area contributed by atoms with Gasteiger partial charge in [0.1, 0.15) is 0 Å². The van der Waals surface area contributed by atoms with Gasteiger partial charge in [0, 0.05) is 24.9 Å². The molecule has 3 N–H and O–H groups in total. The summed E-state index contributed by atoms with van der Waals surface area (Å²) >= 11 is 1.58. The van der Waals surface area contributed by atoms with Crippen LogP contribution >= 0.6 is 11.3 Å². The van der Waals surface area contributed by atoms with Crippen molar-refractivity contribution >= 4 is 23.3 Å². The number of thiazole rings is 1. The van der Waals surface area contributed by atoms with Crippen LogP contribution in [0.3, 0.4) is 0 Å². The lowest BCUT2D eigenvalue weighted by Crippen LogP contribution is -2.41. The number of nitrogens with one attached hydrogen (secondary N) is 2. The van der Waals surface area contributed by atoms with E-state index in [-0.39, 0.29) is 12.6 Å². The maximum atomic E-state index is 11.5. The Labute approximate surface area is 115 Å². The molecule has 1 aromatic rings. The van der Waals surface area contributed by atoms with Gasteiger partial charge in [0.05, 0.1) is 16.1 Å². The topological polar surface area (TPSA) is 91.3 Å². The minimum atomic E-state index is -0.828. The van der Waals surface area contributed by atoms with Crippen LogP contribution < -0.4 is 10.6 Å². The highest BCUT2D eigenvalue weighted by Crippen LogP contribution is 2.45. The fourth-order valence-corrected chi connectivity index (χ4v) is 2.40. The van der Waals surface area contributed by atoms with Crippen molar-refractivity contribution in [2.24, 2.45) is 5.41 Å². The number of carboxylic acid groups (broad SMARTS) is 1. The number of carbonyl (C=O) groups excluding carboxylic acids is 1. The minimum Gasteiger partial charge on any atom is -0.481 e. The highest BCUT2D eigenvalue weighted by molar-refractivity contribution is 7.09. The number of carbonyl (C=O) groups is 2. The van der Waals surface area contributed by atoms with E-state index in [1.54, 1.807) is 11.3 Å². The van der Waals surface area contributed by atoms with E-state index < -0.39 is 11.4 Å². The third-order valence-corrected chi connectivity index (χ3v) is 4.05. The Bertz CT molecular complexity index is 482. The van der Waals surface area contributed by atoms with Crippen LogP contribution in [0.25, 0.3) is 0 Å². The first-order valence-corrected chi connectivity index (χ1v) is 7.06. The second-order valence-corrected chi connectivity index (χ2v) is 5.87. The van der Waals surface area contributed by atoms with Crippen LogP contribution in [0.5, 0.6) is 0 Å². The van der Waals surface area contributed by atoms with Gasteiger partial charge in [-0.3, -0.25) is 4.79 Å². The second kappa shape index (κ2) is 5.56. The molecule has 0 unspecified atom stereocenters. The van der Waals surface area contributed by atoms with Gasteiger partial charge in [0.2, 0.25) is 0 Å². The number of aliphatic carboxylic acids is 1. The van der Waals surface area contributed by atoms with Crippen LogP contribution in [0.15, 0.2) is 5.38 Å². The molecule has 104 valence electrons. The standard InChI is InChI=1S/C12H17N3O3S/c1-8-15-9(6-19-8)2-5-13-11(18)14-7-12(3-4-12)10(16)17/h6H,2-5,7H2,1H3,(H,16,17)(H2,13,14,18). The van der Waals surface area contributed by atoms with Crippen LogP contribution in [0.1, 0.15) is 23.5 Å². The minimum absolute atomic E-state index is 0.198. The molecule has 1 fully saturated rings. The lowest BCUT2D eigenvalue weighted by Gasteiger charge is -2.11. The van der Waals surface area contributed by atoms with Crippen molar-refractivity contribution < 1.29 is 14.7 Å². The van der Waals surface area contributed by atoms with Crippen molar-refractivity contribution in [3.63, 3.8) is 0 Å². The number of amides is 2. The Hall–Kier alpha value is -1.63. The largest absolute Gasteiger partial charge is 0.481 e. The fourth-order valence-electron chi connectivity index (χ4n) is 1.76. The summed E-state index contributed by atoms with van der Waals surface area (Å²) in [5, 5.41) is 17.3. The van der Waals surface area contributed by atoms with Gasteiger partial charge in [-0.05, 0) is 19.8 Å². The lowest BCUT2D eigenvalue weighted by molar-refractivity contribution is -0.143. The van der Waals surface area contributed by atoms with Gasteiger partial charge in [-0.1, -0.05) is 0 Å². The van der Waals surface area contributed by atoms with E-state index >= 15 is 0 Å². The summed E-state index contributed by atoms with van der Waals surface area (Å²) in [6, 6.07) is -0.320. The summed E-state index contributed by atoms with van der Waals surface area (Å²) in [5.74, 6) is -0.828. The van der Waals surface area contributed by atoms with Crippen molar-refractivity contribution in [3.8, 4) is 0 Å². The summed E-state index contributed by atoms with van der Waals surface area (Å²) in [7, 11) is 0. The number of nitrogens with zero attached hydrogens (tertiary/aromatic N) is 1. The first-order chi connectivity index (χ1) is 9.02. The zero-order valence-corrected chi connectivity index (χ0v) is 11.5. The number of urea groups is 1. The SMILES string of the molecule is Cc1nc(CCNC(=O)NCC2(C(=O)O)CC2)cs1. The van der Waals surface area contributed by atoms with E-state index in [2.05, 4.69) is 15.6 Å². The number of rotatable bonds is 6. The Kier molecular flexibility index (Phi) is 4.04. The van der Waals surface area contributed by atoms with Gasteiger partial charge in [-0.2, -0.15) is 0 Å². The van der Waals surface area contributed by atoms with E-state index in [1.807, 2.05) is 12.3 Å². The summed E-state index contributed by atoms with van der Waals surface area (Å²) < 4.78 is 0. The summed E-state index contributed by atoms with van der Waals surface area (Å²) in [4.78, 5) is 26.7. The van der Waals surface area contributed by atoms with E-state index in [0.29, 0.717) is 25.8 Å². The van der Waals surface area contributed by atoms with E-state index in [4.69, 9.17) is 5.11 Å². The summed E-state index contributed by atoms with van der Waals surface area (Å²) in [6.45, 7) is 2.63. The molecule has 1 saturated carbocycles. The number of hydrogen-bond donors (Lipinski definition) is 3. The zero-order valence-electron chi connectivity index (χ0n) is 10.7. The molecule has 0 atom stereocenters. The predicted octanol–water partition coefficient (Wildman–Crippen LogP) is 1.16. The molecule has 0 bridgehead atoms. The highest BCUT2D eigenvalue weighted by Gasteiger charge is 2.50. The van der Waals surface area contributed by atoms with Crippen LogP contribution in [-0.4, -0.2) is 35.2 Å². The Morgan fingerprint density at radius 2 is 2.21 bits per heavy atom. The van der Waals surface area contributed by atoms with Gasteiger partial charge in [-0.15, -0.1) is 11.3 Å². The van der Waals surface area contributed by atoms with Crippen LogP contribution in [0, 0.1) is 12.3 Å². The average molecular weight is 283 g/mol. The smallest absolute Gasteiger partial charge is 0.314 e. The monoisotopic (exact) mass is 283 g/mol. The molecule has 2 rings (SSSR count). The molecular weight excluding hydrogens is 266 g/mol. The van der Waals surface area contributed by atoms with Gasteiger partial charge in [-0.25, -0.2) is 9.78 Å². The van der Waals surface area contributed by atoms with Crippen molar-refractivity contribution in [3.05, 3.63) is 16.1 Å². The fraction of sp³-hybridized carbons (Fsp3) is 0.583. The molecule has 0 aliphatic heterocycles. The molecule has 7 heteroatoms. The van der Waals surface area contributed by atoms with Crippen LogP contribution in [0.2, 0.25) is 0 Å². The van der Waals surface area contributed by atoms with Gasteiger partial charge >= 0.3 is 12.0 Å². The molecule has 0 radical (unpaired) electrons. The van der Waals surface area contributed by atoms with Crippen molar-refractivity contribution in [2.45, 2.75) is 26.2 Å². The molecular formula is C12H17N3O3S. The molecule has 1 heterocycles. The van der Waals surface area contributed by atoms with Crippen LogP contribution in [-0.2, 0) is 11.2 Å². The predicted molar refractivity (Wildman–Crippen MR) is 71.3 cm³/mol. The maximum Gasteiger partial charge on any atom is 0.314 e. The van der Waals surface area contributed by atoms with Crippen molar-refractivity contribution in [2.75, 3.05) is 13.1 Å². The third-order valence-electron chi connectivity index (χ3n) is 3.23. The molecule has 1 aliphatic rings. The Balaban J connectivity index is 1.64. The normalized spacial score (nSPS) is 15.8. The maximum absolute atomic E-state index is 11.5. The molecule has 0 spiro atoms. The van der Waals surface area contributed by atoms with Gasteiger partial charge in [0.25, 0.3) is 0 Å². The average Bonchev–Trinajstić information content (AvgIpc) is 3.05. The van der Waals surface area contributed by atoms with E-state index in [1.165, 1.54) is 0 Å². The first-order valence-electron chi connectivity index (χ1n) is 6.18. The molecule has 2 amide bonds. The Morgan fingerprint density at radius 3 is 2.74 bits per heavy atom. The number of aryl methyl sites for hydroxylation is 1. The first kappa shape index (κ1) is 13.8. The number of aromatic nitrogens is 1. The zero-order chi connectivity index (χ0) is 13.9. The number of carboxylic acids is 1. The molecule has 19 heavy (non-hydrogen) atoms. The van der Waals surface area contributed by atoms with Gasteiger partial charge < -0.3 is 15.7 Å².